The normalized spacial score (nSPS) is 10.2. The van der Waals surface area contributed by atoms with Crippen LogP contribution in [0.1, 0.15) is 48.9 Å². The number of carbonyl (C=O) groups is 2. The van der Waals surface area contributed by atoms with E-state index in [2.05, 4.69) is 10.3 Å². The maximum Gasteiger partial charge on any atom is 0.260 e. The van der Waals surface area contributed by atoms with Crippen molar-refractivity contribution in [1.29, 1.82) is 0 Å². The molecule has 0 bridgehead atoms. The first-order valence-electron chi connectivity index (χ1n) is 6.85. The summed E-state index contributed by atoms with van der Waals surface area (Å²) in [4.78, 5) is 36.0. The molecule has 1 heterocycles. The standard InChI is InChI=1S/C14H21N3O3/c15-12(18)8-4-2-1-3-5-9-16-13(19)11-7-6-10-17-14(11)20/h6-7,10H,1-5,8-9H2,(H2,15,18)(H,16,19)(H,17,20). The summed E-state index contributed by atoms with van der Waals surface area (Å²) in [6.45, 7) is 0.545. The molecule has 2 amide bonds. The van der Waals surface area contributed by atoms with Crippen molar-refractivity contribution in [3.8, 4) is 0 Å². The molecule has 0 unspecified atom stereocenters. The fraction of sp³-hybridized carbons (Fsp3) is 0.500. The molecule has 0 aliphatic carbocycles. The molecule has 1 aromatic heterocycles. The number of rotatable bonds is 9. The first kappa shape index (κ1) is 15.9. The molecule has 1 rings (SSSR count). The highest BCUT2D eigenvalue weighted by molar-refractivity contribution is 5.93. The Hall–Kier alpha value is -2.11. The molecule has 0 radical (unpaired) electrons. The molecule has 0 spiro atoms. The van der Waals surface area contributed by atoms with Gasteiger partial charge >= 0.3 is 0 Å². The molecular formula is C14H21N3O3. The van der Waals surface area contributed by atoms with Gasteiger partial charge < -0.3 is 16.0 Å². The highest BCUT2D eigenvalue weighted by atomic mass is 16.2. The molecular weight excluding hydrogens is 258 g/mol. The van der Waals surface area contributed by atoms with Gasteiger partial charge in [0, 0.05) is 19.2 Å². The highest BCUT2D eigenvalue weighted by Crippen LogP contribution is 2.04. The Kier molecular flexibility index (Phi) is 7.10. The molecule has 1 aromatic rings. The van der Waals surface area contributed by atoms with Gasteiger partial charge in [-0.3, -0.25) is 14.4 Å². The second kappa shape index (κ2) is 8.90. The number of pyridine rings is 1. The van der Waals surface area contributed by atoms with Crippen LogP contribution in [-0.2, 0) is 4.79 Å². The minimum Gasteiger partial charge on any atom is -0.370 e. The fourth-order valence-electron chi connectivity index (χ4n) is 1.85. The van der Waals surface area contributed by atoms with Gasteiger partial charge in [0.1, 0.15) is 5.56 Å². The van der Waals surface area contributed by atoms with Crippen molar-refractivity contribution in [1.82, 2.24) is 10.3 Å². The zero-order valence-corrected chi connectivity index (χ0v) is 11.5. The van der Waals surface area contributed by atoms with Gasteiger partial charge in [-0.25, -0.2) is 0 Å². The van der Waals surface area contributed by atoms with Crippen LogP contribution in [0.2, 0.25) is 0 Å². The third-order valence-corrected chi connectivity index (χ3v) is 2.95. The number of hydrogen-bond donors (Lipinski definition) is 3. The Bertz CT molecular complexity index is 496. The summed E-state index contributed by atoms with van der Waals surface area (Å²) in [6, 6.07) is 3.12. The van der Waals surface area contributed by atoms with Gasteiger partial charge in [-0.2, -0.15) is 0 Å². The van der Waals surface area contributed by atoms with E-state index in [-0.39, 0.29) is 22.9 Å². The average Bonchev–Trinajstić information content (AvgIpc) is 2.41. The molecule has 6 heteroatoms. The number of nitrogens with one attached hydrogen (secondary N) is 2. The largest absolute Gasteiger partial charge is 0.370 e. The number of aromatic amines is 1. The minimum absolute atomic E-state index is 0.133. The average molecular weight is 279 g/mol. The lowest BCUT2D eigenvalue weighted by atomic mass is 10.1. The van der Waals surface area contributed by atoms with Gasteiger partial charge in [0.2, 0.25) is 5.91 Å². The summed E-state index contributed by atoms with van der Waals surface area (Å²) in [5, 5.41) is 2.72. The number of primary amides is 1. The second-order valence-corrected chi connectivity index (χ2v) is 4.65. The van der Waals surface area contributed by atoms with Gasteiger partial charge in [0.25, 0.3) is 11.5 Å². The molecule has 110 valence electrons. The Morgan fingerprint density at radius 2 is 1.85 bits per heavy atom. The predicted molar refractivity (Wildman–Crippen MR) is 76.3 cm³/mol. The Morgan fingerprint density at radius 1 is 1.15 bits per heavy atom. The van der Waals surface area contributed by atoms with Crippen LogP contribution in [0.15, 0.2) is 23.1 Å². The summed E-state index contributed by atoms with van der Waals surface area (Å²) in [5.74, 6) is -0.606. The van der Waals surface area contributed by atoms with Crippen molar-refractivity contribution in [3.05, 3.63) is 34.2 Å². The van der Waals surface area contributed by atoms with E-state index < -0.39 is 0 Å². The SMILES string of the molecule is NC(=O)CCCCCCCNC(=O)c1ccc[nH]c1=O. The van der Waals surface area contributed by atoms with Crippen molar-refractivity contribution >= 4 is 11.8 Å². The van der Waals surface area contributed by atoms with E-state index in [9.17, 15) is 14.4 Å². The Labute approximate surface area is 117 Å². The Balaban J connectivity index is 2.10. The third-order valence-electron chi connectivity index (χ3n) is 2.95. The van der Waals surface area contributed by atoms with E-state index in [0.717, 1.165) is 32.1 Å². The minimum atomic E-state index is -0.378. The maximum atomic E-state index is 11.7. The molecule has 0 saturated heterocycles. The van der Waals surface area contributed by atoms with Crippen molar-refractivity contribution < 1.29 is 9.59 Å². The topological polar surface area (TPSA) is 105 Å². The summed E-state index contributed by atoms with van der Waals surface area (Å²) >= 11 is 0. The van der Waals surface area contributed by atoms with Crippen molar-refractivity contribution in [2.24, 2.45) is 5.73 Å². The van der Waals surface area contributed by atoms with E-state index in [1.807, 2.05) is 0 Å². The quantitative estimate of drug-likeness (QED) is 0.585. The van der Waals surface area contributed by atoms with E-state index >= 15 is 0 Å². The predicted octanol–water partition coefficient (Wildman–Crippen LogP) is 0.931. The summed E-state index contributed by atoms with van der Waals surface area (Å²) < 4.78 is 0. The van der Waals surface area contributed by atoms with Crippen LogP contribution in [0.25, 0.3) is 0 Å². The summed E-state index contributed by atoms with van der Waals surface area (Å²) in [6.07, 6.45) is 6.56. The van der Waals surface area contributed by atoms with Crippen LogP contribution in [-0.4, -0.2) is 23.3 Å². The number of H-pyrrole nitrogens is 1. The molecule has 0 aromatic carbocycles. The zero-order chi connectivity index (χ0) is 14.8. The van der Waals surface area contributed by atoms with Gasteiger partial charge in [0.05, 0.1) is 0 Å². The molecule has 6 nitrogen and oxygen atoms in total. The van der Waals surface area contributed by atoms with E-state index in [0.29, 0.717) is 13.0 Å². The lowest BCUT2D eigenvalue weighted by Crippen LogP contribution is -2.29. The lowest BCUT2D eigenvalue weighted by Gasteiger charge is -2.04. The fourth-order valence-corrected chi connectivity index (χ4v) is 1.85. The second-order valence-electron chi connectivity index (χ2n) is 4.65. The van der Waals surface area contributed by atoms with Crippen LogP contribution in [0.3, 0.4) is 0 Å². The number of aromatic nitrogens is 1. The first-order valence-corrected chi connectivity index (χ1v) is 6.85. The van der Waals surface area contributed by atoms with Crippen LogP contribution in [0.4, 0.5) is 0 Å². The number of unbranched alkanes of at least 4 members (excludes halogenated alkanes) is 4. The summed E-state index contributed by atoms with van der Waals surface area (Å²) in [5.41, 5.74) is 4.80. The highest BCUT2D eigenvalue weighted by Gasteiger charge is 2.07. The van der Waals surface area contributed by atoms with Crippen molar-refractivity contribution in [2.45, 2.75) is 38.5 Å². The number of carbonyl (C=O) groups excluding carboxylic acids is 2. The smallest absolute Gasteiger partial charge is 0.260 e. The molecule has 0 aliphatic rings. The van der Waals surface area contributed by atoms with Crippen LogP contribution in [0, 0.1) is 0 Å². The molecule has 0 aliphatic heterocycles. The number of amides is 2. The molecule has 4 N–H and O–H groups in total. The van der Waals surface area contributed by atoms with Crippen LogP contribution >= 0.6 is 0 Å². The van der Waals surface area contributed by atoms with Gasteiger partial charge in [0.15, 0.2) is 0 Å². The lowest BCUT2D eigenvalue weighted by molar-refractivity contribution is -0.118. The molecule has 0 fully saturated rings. The van der Waals surface area contributed by atoms with Gasteiger partial charge in [-0.15, -0.1) is 0 Å². The van der Waals surface area contributed by atoms with E-state index in [1.165, 1.54) is 12.3 Å². The molecule has 0 atom stereocenters. The van der Waals surface area contributed by atoms with Crippen LogP contribution < -0.4 is 16.6 Å². The van der Waals surface area contributed by atoms with Gasteiger partial charge in [-0.1, -0.05) is 19.3 Å². The van der Waals surface area contributed by atoms with Crippen molar-refractivity contribution in [3.63, 3.8) is 0 Å². The van der Waals surface area contributed by atoms with E-state index in [1.54, 1.807) is 6.07 Å². The van der Waals surface area contributed by atoms with Gasteiger partial charge in [-0.05, 0) is 25.0 Å². The van der Waals surface area contributed by atoms with E-state index in [4.69, 9.17) is 5.73 Å². The molecule has 0 saturated carbocycles. The number of nitrogens with two attached hydrogens (primary N) is 1. The van der Waals surface area contributed by atoms with Crippen LogP contribution in [0.5, 0.6) is 0 Å². The Morgan fingerprint density at radius 3 is 2.55 bits per heavy atom. The maximum absolute atomic E-state index is 11.7. The number of hydrogen-bond acceptors (Lipinski definition) is 3. The zero-order valence-electron chi connectivity index (χ0n) is 11.5. The molecule has 20 heavy (non-hydrogen) atoms. The first-order chi connectivity index (χ1) is 9.61. The monoisotopic (exact) mass is 279 g/mol. The summed E-state index contributed by atoms with van der Waals surface area (Å²) in [7, 11) is 0. The third kappa shape index (κ3) is 6.17. The van der Waals surface area contributed by atoms with Crippen molar-refractivity contribution in [2.75, 3.05) is 6.54 Å².